The summed E-state index contributed by atoms with van der Waals surface area (Å²) >= 11 is 14.9. The molecule has 4 aromatic carbocycles. The van der Waals surface area contributed by atoms with Gasteiger partial charge in [0, 0.05) is 17.1 Å². The Hall–Kier alpha value is -5.45. The fraction of sp³-hybridized carbons (Fsp3) is 0.0541. The number of hydrogen-bond donors (Lipinski definition) is 3. The Bertz CT molecular complexity index is 2300. The summed E-state index contributed by atoms with van der Waals surface area (Å²) in [7, 11) is 0. The SMILES string of the molecule is O=C(O)c1cccc(CSc2nc(-c3ccccc3)c(Cl)c(=O)[nH]2)c1.[C-]#[N+]c1c(Cl)nc(SCc2cccc(C(=O)O)c2)nc1-c1ccccc1. The summed E-state index contributed by atoms with van der Waals surface area (Å²) in [6.45, 7) is 7.34. The fourth-order valence-corrected chi connectivity index (χ4v) is 6.60. The van der Waals surface area contributed by atoms with Crippen molar-refractivity contribution >= 4 is 64.4 Å². The van der Waals surface area contributed by atoms with Crippen LogP contribution >= 0.6 is 46.7 Å². The molecule has 0 aliphatic heterocycles. The standard InChI is InChI=1S/C19H12ClN3O2S.C18H13ClN2O3S/c1-21-16-15(13-7-3-2-4-8-13)22-19(23-17(16)20)26-11-12-6-5-9-14(10-12)18(24)25;19-14-15(12-6-2-1-3-7-12)20-18(21-16(14)22)25-10-11-5-4-8-13(9-11)17(23)24/h2-10H,11H2,(H,24,25);1-9H,10H2,(H,23,24)(H,20,21,22). The van der Waals surface area contributed by atoms with Crippen molar-refractivity contribution in [1.82, 2.24) is 19.9 Å². The zero-order chi connectivity index (χ0) is 36.3. The molecule has 254 valence electrons. The van der Waals surface area contributed by atoms with E-state index in [-0.39, 0.29) is 27.0 Å². The molecular weight excluding hydrogens is 729 g/mol. The molecule has 0 unspecified atom stereocenters. The minimum absolute atomic E-state index is 0.0448. The highest BCUT2D eigenvalue weighted by Crippen LogP contribution is 2.36. The van der Waals surface area contributed by atoms with Crippen LogP contribution in [0.1, 0.15) is 31.8 Å². The number of aromatic carboxylic acids is 2. The van der Waals surface area contributed by atoms with Crippen LogP contribution in [0.2, 0.25) is 10.2 Å². The maximum Gasteiger partial charge on any atom is 0.335 e. The normalized spacial score (nSPS) is 10.5. The van der Waals surface area contributed by atoms with E-state index >= 15 is 0 Å². The Morgan fingerprint density at radius 3 is 1.76 bits per heavy atom. The molecule has 2 aromatic heterocycles. The van der Waals surface area contributed by atoms with Crippen LogP contribution < -0.4 is 5.56 Å². The van der Waals surface area contributed by atoms with Crippen molar-refractivity contribution in [2.24, 2.45) is 0 Å². The van der Waals surface area contributed by atoms with Crippen molar-refractivity contribution in [3.8, 4) is 22.5 Å². The topological polar surface area (TPSA) is 150 Å². The molecule has 14 heteroatoms. The molecule has 6 rings (SSSR count). The minimum atomic E-state index is -0.976. The number of benzene rings is 4. The van der Waals surface area contributed by atoms with Crippen molar-refractivity contribution < 1.29 is 19.8 Å². The number of aromatic amines is 1. The average molecular weight is 755 g/mol. The summed E-state index contributed by atoms with van der Waals surface area (Å²) < 4.78 is 0. The summed E-state index contributed by atoms with van der Waals surface area (Å²) in [5, 5.41) is 19.1. The minimum Gasteiger partial charge on any atom is -0.478 e. The van der Waals surface area contributed by atoms with Gasteiger partial charge in [-0.3, -0.25) is 4.79 Å². The first-order valence-electron chi connectivity index (χ1n) is 14.9. The zero-order valence-electron chi connectivity index (χ0n) is 26.3. The molecule has 51 heavy (non-hydrogen) atoms. The maximum absolute atomic E-state index is 12.1. The smallest absolute Gasteiger partial charge is 0.335 e. The number of thioether (sulfide) groups is 2. The van der Waals surface area contributed by atoms with Crippen LogP contribution in [0, 0.1) is 6.57 Å². The fourth-order valence-electron chi connectivity index (χ4n) is 4.55. The number of hydrogen-bond acceptors (Lipinski definition) is 8. The van der Waals surface area contributed by atoms with Gasteiger partial charge in [-0.05, 0) is 41.0 Å². The number of carbonyl (C=O) groups is 2. The van der Waals surface area contributed by atoms with Crippen LogP contribution in [0.4, 0.5) is 5.69 Å². The van der Waals surface area contributed by atoms with E-state index in [0.717, 1.165) is 22.3 Å². The number of carboxylic acids is 2. The highest BCUT2D eigenvalue weighted by atomic mass is 35.5. The first-order chi connectivity index (χ1) is 24.6. The van der Waals surface area contributed by atoms with Gasteiger partial charge in [-0.25, -0.2) is 29.4 Å². The van der Waals surface area contributed by atoms with Gasteiger partial charge in [0.2, 0.25) is 5.69 Å². The van der Waals surface area contributed by atoms with Gasteiger partial charge in [-0.15, -0.1) is 0 Å². The molecule has 0 bridgehead atoms. The van der Waals surface area contributed by atoms with E-state index in [1.807, 2.05) is 72.8 Å². The van der Waals surface area contributed by atoms with Crippen molar-refractivity contribution in [1.29, 1.82) is 0 Å². The lowest BCUT2D eigenvalue weighted by Crippen LogP contribution is -2.11. The Kier molecular flexibility index (Phi) is 12.6. The number of rotatable bonds is 10. The van der Waals surface area contributed by atoms with Gasteiger partial charge >= 0.3 is 11.9 Å². The van der Waals surface area contributed by atoms with Gasteiger partial charge in [-0.1, -0.05) is 132 Å². The molecule has 0 atom stereocenters. The van der Waals surface area contributed by atoms with Crippen LogP contribution in [0.3, 0.4) is 0 Å². The van der Waals surface area contributed by atoms with Gasteiger partial charge in [0.05, 0.1) is 29.1 Å². The van der Waals surface area contributed by atoms with Gasteiger partial charge < -0.3 is 15.2 Å². The Balaban J connectivity index is 0.000000198. The summed E-state index contributed by atoms with van der Waals surface area (Å²) in [5.41, 5.74) is 4.39. The molecule has 0 aliphatic rings. The van der Waals surface area contributed by atoms with E-state index < -0.39 is 17.5 Å². The number of halogens is 2. The quantitative estimate of drug-likeness (QED) is 0.0534. The summed E-state index contributed by atoms with van der Waals surface area (Å²) in [5.74, 6) is -0.983. The van der Waals surface area contributed by atoms with Crippen LogP contribution in [0.25, 0.3) is 27.4 Å². The van der Waals surface area contributed by atoms with E-state index in [1.54, 1.807) is 30.3 Å². The molecule has 0 saturated heterocycles. The summed E-state index contributed by atoms with van der Waals surface area (Å²) in [6, 6.07) is 31.9. The number of nitrogens with one attached hydrogen (secondary N) is 1. The monoisotopic (exact) mass is 753 g/mol. The molecule has 0 saturated carbocycles. The second-order valence-corrected chi connectivity index (χ2v) is 13.1. The highest BCUT2D eigenvalue weighted by Gasteiger charge is 2.16. The average Bonchev–Trinajstić information content (AvgIpc) is 3.15. The molecule has 0 radical (unpaired) electrons. The molecule has 0 amide bonds. The van der Waals surface area contributed by atoms with Crippen molar-refractivity contribution in [3.05, 3.63) is 163 Å². The van der Waals surface area contributed by atoms with E-state index in [1.165, 1.54) is 29.6 Å². The van der Waals surface area contributed by atoms with Crippen LogP contribution in [-0.2, 0) is 11.5 Å². The lowest BCUT2D eigenvalue weighted by atomic mass is 10.1. The van der Waals surface area contributed by atoms with E-state index in [2.05, 4.69) is 24.8 Å². The number of carboxylic acid groups (broad SMARTS) is 2. The molecule has 0 aliphatic carbocycles. The molecule has 0 fully saturated rings. The Labute approximate surface area is 310 Å². The first-order valence-corrected chi connectivity index (χ1v) is 17.6. The molecule has 10 nitrogen and oxygen atoms in total. The van der Waals surface area contributed by atoms with E-state index in [0.29, 0.717) is 33.2 Å². The van der Waals surface area contributed by atoms with Gasteiger partial charge in [0.1, 0.15) is 10.2 Å². The van der Waals surface area contributed by atoms with Gasteiger partial charge in [0.25, 0.3) is 5.56 Å². The predicted octanol–water partition coefficient (Wildman–Crippen LogP) is 9.42. The number of H-pyrrole nitrogens is 1. The zero-order valence-corrected chi connectivity index (χ0v) is 29.4. The third-order valence-electron chi connectivity index (χ3n) is 6.96. The van der Waals surface area contributed by atoms with Gasteiger partial charge in [0.15, 0.2) is 10.3 Å². The summed E-state index contributed by atoms with van der Waals surface area (Å²) in [4.78, 5) is 53.4. The number of nitrogens with zero attached hydrogens (tertiary/aromatic N) is 4. The van der Waals surface area contributed by atoms with Crippen molar-refractivity contribution in [2.45, 2.75) is 21.8 Å². The molecule has 0 spiro atoms. The third-order valence-corrected chi connectivity index (χ3v) is 9.44. The first kappa shape index (κ1) is 36.8. The highest BCUT2D eigenvalue weighted by molar-refractivity contribution is 7.98. The van der Waals surface area contributed by atoms with E-state index in [4.69, 9.17) is 40.0 Å². The van der Waals surface area contributed by atoms with Crippen LogP contribution in [-0.4, -0.2) is 42.1 Å². The maximum atomic E-state index is 12.1. The second kappa shape index (κ2) is 17.5. The molecule has 6 aromatic rings. The lowest BCUT2D eigenvalue weighted by molar-refractivity contribution is 0.0686. The third kappa shape index (κ3) is 9.84. The van der Waals surface area contributed by atoms with Gasteiger partial charge in [-0.2, -0.15) is 0 Å². The van der Waals surface area contributed by atoms with E-state index in [9.17, 15) is 14.4 Å². The number of aromatic nitrogens is 4. The molecular formula is C37H25Cl2N5O5S2. The predicted molar refractivity (Wildman–Crippen MR) is 200 cm³/mol. The van der Waals surface area contributed by atoms with Crippen molar-refractivity contribution in [2.75, 3.05) is 0 Å². The largest absolute Gasteiger partial charge is 0.478 e. The lowest BCUT2D eigenvalue weighted by Gasteiger charge is -2.08. The Morgan fingerprint density at radius 1 is 0.706 bits per heavy atom. The molecule has 2 heterocycles. The summed E-state index contributed by atoms with van der Waals surface area (Å²) in [6.07, 6.45) is 0. The second-order valence-electron chi connectivity index (χ2n) is 10.5. The molecule has 3 N–H and O–H groups in total. The van der Waals surface area contributed by atoms with Crippen molar-refractivity contribution in [3.63, 3.8) is 0 Å². The Morgan fingerprint density at radius 2 is 1.24 bits per heavy atom. The van der Waals surface area contributed by atoms with Crippen LogP contribution in [0.15, 0.2) is 124 Å². The van der Waals surface area contributed by atoms with Crippen LogP contribution in [0.5, 0.6) is 0 Å².